The molecule has 1 aliphatic heterocycles. The maximum atomic E-state index is 12.2. The van der Waals surface area contributed by atoms with Gasteiger partial charge in [0.1, 0.15) is 0 Å². The molecular formula is C10H12F6N2O4. The molecule has 0 aromatic rings. The minimum atomic E-state index is -5.33. The maximum Gasteiger partial charge on any atom is 0.492 e. The highest BCUT2D eigenvalue weighted by molar-refractivity contribution is 5.76. The van der Waals surface area contributed by atoms with Crippen molar-refractivity contribution in [1.29, 1.82) is 0 Å². The number of rotatable bonds is 3. The largest absolute Gasteiger partial charge is 0.492 e. The van der Waals surface area contributed by atoms with Crippen molar-refractivity contribution in [3.8, 4) is 0 Å². The number of alkyl halides is 6. The van der Waals surface area contributed by atoms with E-state index in [0.29, 0.717) is 0 Å². The van der Waals surface area contributed by atoms with Crippen LogP contribution < -0.4 is 5.32 Å². The van der Waals surface area contributed by atoms with Gasteiger partial charge in [0.05, 0.1) is 12.6 Å². The van der Waals surface area contributed by atoms with Gasteiger partial charge in [-0.05, 0) is 6.42 Å². The third kappa shape index (κ3) is 4.73. The molecule has 0 spiro atoms. The van der Waals surface area contributed by atoms with Crippen LogP contribution in [0.25, 0.3) is 0 Å². The van der Waals surface area contributed by atoms with Crippen molar-refractivity contribution in [3.05, 3.63) is 0 Å². The van der Waals surface area contributed by atoms with Gasteiger partial charge in [-0.25, -0.2) is 9.59 Å². The zero-order valence-corrected chi connectivity index (χ0v) is 11.1. The van der Waals surface area contributed by atoms with Crippen molar-refractivity contribution in [1.82, 2.24) is 10.4 Å². The highest BCUT2D eigenvalue weighted by Crippen LogP contribution is 2.24. The lowest BCUT2D eigenvalue weighted by atomic mass is 10.1. The van der Waals surface area contributed by atoms with E-state index in [9.17, 15) is 35.9 Å². The van der Waals surface area contributed by atoms with Crippen LogP contribution in [0.1, 0.15) is 13.3 Å². The Kier molecular flexibility index (Phi) is 5.62. The molecular weight excluding hydrogens is 326 g/mol. The quantitative estimate of drug-likeness (QED) is 0.615. The number of nitrogens with one attached hydrogen (secondary N) is 1. The molecule has 22 heavy (non-hydrogen) atoms. The van der Waals surface area contributed by atoms with Crippen LogP contribution in [0.3, 0.4) is 0 Å². The highest BCUT2D eigenvalue weighted by Gasteiger charge is 2.48. The molecule has 0 amide bonds. The molecule has 1 aliphatic rings. The fourth-order valence-corrected chi connectivity index (χ4v) is 1.71. The van der Waals surface area contributed by atoms with Crippen LogP contribution in [-0.2, 0) is 19.2 Å². The van der Waals surface area contributed by atoms with E-state index in [1.54, 1.807) is 0 Å². The van der Waals surface area contributed by atoms with Crippen LogP contribution in [0.4, 0.5) is 26.3 Å². The molecule has 0 bridgehead atoms. The molecule has 128 valence electrons. The average molecular weight is 338 g/mol. The summed E-state index contributed by atoms with van der Waals surface area (Å²) in [4.78, 5) is 25.6. The summed E-state index contributed by atoms with van der Waals surface area (Å²) in [6.07, 6.45) is -12.4. The van der Waals surface area contributed by atoms with Gasteiger partial charge in [-0.3, -0.25) is 0 Å². The lowest BCUT2D eigenvalue weighted by Gasteiger charge is -2.38. The highest BCUT2D eigenvalue weighted by atomic mass is 19.4. The fourth-order valence-electron chi connectivity index (χ4n) is 1.71. The predicted octanol–water partition coefficient (Wildman–Crippen LogP) is 1.12. The van der Waals surface area contributed by atoms with Crippen molar-refractivity contribution in [3.63, 3.8) is 0 Å². The molecule has 0 aromatic heterocycles. The molecule has 0 aliphatic carbocycles. The number of esters is 1. The van der Waals surface area contributed by atoms with Crippen LogP contribution in [0, 0.1) is 0 Å². The minimum Gasteiger partial charge on any atom is -0.435 e. The monoisotopic (exact) mass is 338 g/mol. The third-order valence-corrected chi connectivity index (χ3v) is 2.70. The van der Waals surface area contributed by atoms with Crippen molar-refractivity contribution >= 4 is 11.9 Å². The molecule has 0 radical (unpaired) electrons. The first-order valence-electron chi connectivity index (χ1n) is 6.03. The second-order valence-corrected chi connectivity index (χ2v) is 4.28. The van der Waals surface area contributed by atoms with Crippen molar-refractivity contribution in [2.24, 2.45) is 0 Å². The van der Waals surface area contributed by atoms with E-state index in [2.05, 4.69) is 14.9 Å². The summed E-state index contributed by atoms with van der Waals surface area (Å²) >= 11 is 0. The van der Waals surface area contributed by atoms with Gasteiger partial charge in [0, 0.05) is 6.54 Å². The first-order chi connectivity index (χ1) is 9.96. The molecule has 2 unspecified atom stereocenters. The molecule has 6 nitrogen and oxygen atoms in total. The van der Waals surface area contributed by atoms with Crippen molar-refractivity contribution in [2.45, 2.75) is 38.0 Å². The number of halogens is 6. The SMILES string of the molecule is CCC1NCCN(OC(=O)C(F)(F)F)C1OC(=O)C(F)(F)F. The maximum absolute atomic E-state index is 12.2. The lowest BCUT2D eigenvalue weighted by Crippen LogP contribution is -2.60. The molecule has 2 atom stereocenters. The third-order valence-electron chi connectivity index (χ3n) is 2.70. The average Bonchev–Trinajstić information content (AvgIpc) is 2.38. The van der Waals surface area contributed by atoms with E-state index in [0.717, 1.165) is 0 Å². The predicted molar refractivity (Wildman–Crippen MR) is 56.9 cm³/mol. The Hall–Kier alpha value is -1.56. The molecule has 12 heteroatoms. The lowest BCUT2D eigenvalue weighted by molar-refractivity contribution is -0.286. The number of ether oxygens (including phenoxy) is 1. The van der Waals surface area contributed by atoms with E-state index in [1.165, 1.54) is 6.92 Å². The Bertz CT molecular complexity index is 425. The summed E-state index contributed by atoms with van der Waals surface area (Å²) in [5.74, 6) is -5.20. The van der Waals surface area contributed by atoms with E-state index in [-0.39, 0.29) is 24.6 Å². The molecule has 1 rings (SSSR count). The fraction of sp³-hybridized carbons (Fsp3) is 0.800. The van der Waals surface area contributed by atoms with Gasteiger partial charge in [-0.1, -0.05) is 12.0 Å². The summed E-state index contributed by atoms with van der Waals surface area (Å²) in [5, 5.41) is 2.94. The second-order valence-electron chi connectivity index (χ2n) is 4.28. The molecule has 1 heterocycles. The van der Waals surface area contributed by atoms with Gasteiger partial charge in [-0.2, -0.15) is 26.3 Å². The Morgan fingerprint density at radius 1 is 1.14 bits per heavy atom. The van der Waals surface area contributed by atoms with Gasteiger partial charge in [0.2, 0.25) is 6.23 Å². The van der Waals surface area contributed by atoms with Gasteiger partial charge >= 0.3 is 24.3 Å². The Balaban J connectivity index is 2.87. The number of carbonyl (C=O) groups is 2. The molecule has 1 N–H and O–H groups in total. The Labute approximate surface area is 120 Å². The van der Waals surface area contributed by atoms with Gasteiger partial charge in [0.25, 0.3) is 0 Å². The Morgan fingerprint density at radius 2 is 1.68 bits per heavy atom. The summed E-state index contributed by atoms with van der Waals surface area (Å²) in [7, 11) is 0. The van der Waals surface area contributed by atoms with Crippen LogP contribution in [-0.4, -0.2) is 54.7 Å². The standard InChI is InChI=1S/C10H12F6N2O4/c1-2-5-6(21-7(19)9(11,12)13)18(4-3-17-5)22-8(20)10(14,15)16/h5-6,17H,2-4H2,1H3. The number of carbonyl (C=O) groups excluding carboxylic acids is 2. The van der Waals surface area contributed by atoms with Gasteiger partial charge < -0.3 is 14.9 Å². The molecule has 0 saturated carbocycles. The van der Waals surface area contributed by atoms with Crippen LogP contribution in [0.5, 0.6) is 0 Å². The van der Waals surface area contributed by atoms with E-state index in [1.807, 2.05) is 0 Å². The normalized spacial score (nSPS) is 24.0. The number of piperazine rings is 1. The first kappa shape index (κ1) is 18.5. The summed E-state index contributed by atoms with van der Waals surface area (Å²) in [5.41, 5.74) is 0. The minimum absolute atomic E-state index is 0.0315. The van der Waals surface area contributed by atoms with Crippen molar-refractivity contribution < 1.29 is 45.5 Å². The number of nitrogens with zero attached hydrogens (tertiary/aromatic N) is 1. The van der Waals surface area contributed by atoms with E-state index in [4.69, 9.17) is 0 Å². The zero-order valence-electron chi connectivity index (χ0n) is 11.1. The molecule has 1 fully saturated rings. The van der Waals surface area contributed by atoms with Crippen molar-refractivity contribution in [2.75, 3.05) is 13.1 Å². The number of hydrogen-bond acceptors (Lipinski definition) is 6. The smallest absolute Gasteiger partial charge is 0.435 e. The first-order valence-corrected chi connectivity index (χ1v) is 6.03. The molecule has 1 saturated heterocycles. The summed E-state index contributed by atoms with van der Waals surface area (Å²) < 4.78 is 77.3. The van der Waals surface area contributed by atoms with Gasteiger partial charge in [-0.15, -0.1) is 0 Å². The second kappa shape index (κ2) is 6.69. The molecule has 0 aromatic carbocycles. The summed E-state index contributed by atoms with van der Waals surface area (Å²) in [6.45, 7) is 1.15. The number of hydrogen-bond donors (Lipinski definition) is 1. The van der Waals surface area contributed by atoms with Crippen LogP contribution in [0.15, 0.2) is 0 Å². The Morgan fingerprint density at radius 3 is 2.14 bits per heavy atom. The van der Waals surface area contributed by atoms with E-state index < -0.39 is 36.6 Å². The summed E-state index contributed by atoms with van der Waals surface area (Å²) in [6, 6.07) is -0.930. The van der Waals surface area contributed by atoms with Crippen LogP contribution in [0.2, 0.25) is 0 Å². The number of hydroxylamine groups is 2. The zero-order chi connectivity index (χ0) is 17.1. The van der Waals surface area contributed by atoms with Gasteiger partial charge in [0.15, 0.2) is 0 Å². The van der Waals surface area contributed by atoms with Crippen LogP contribution >= 0.6 is 0 Å². The van der Waals surface area contributed by atoms with E-state index >= 15 is 0 Å². The topological polar surface area (TPSA) is 67.9 Å².